The minimum Gasteiger partial charge on any atom is -0.595 e. The first-order valence-corrected chi connectivity index (χ1v) is 6.68. The van der Waals surface area contributed by atoms with Gasteiger partial charge in [0.05, 0.1) is 12.9 Å². The average molecular weight is 312 g/mol. The summed E-state index contributed by atoms with van der Waals surface area (Å²) < 4.78 is 4.97. The van der Waals surface area contributed by atoms with Crippen molar-refractivity contribution in [3.63, 3.8) is 0 Å². The van der Waals surface area contributed by atoms with Crippen LogP contribution in [0.1, 0.15) is 0 Å². The zero-order valence-corrected chi connectivity index (χ0v) is 11.7. The number of hydrogen-bond acceptors (Lipinski definition) is 7. The summed E-state index contributed by atoms with van der Waals surface area (Å²) >= 11 is 0.968. The molecule has 1 aromatic carbocycles. The fourth-order valence-corrected chi connectivity index (χ4v) is 2.11. The van der Waals surface area contributed by atoms with Crippen molar-refractivity contribution in [3.05, 3.63) is 23.4 Å². The quantitative estimate of drug-likeness (QED) is 0.434. The van der Waals surface area contributed by atoms with Gasteiger partial charge in [0.15, 0.2) is 11.6 Å². The maximum atomic E-state index is 11.2. The maximum absolute atomic E-state index is 11.2. The number of thioether (sulfide) groups is 1. The molecule has 112 valence electrons. The number of aromatic nitrogens is 3. The molecule has 1 aromatic heterocycles. The summed E-state index contributed by atoms with van der Waals surface area (Å²) in [5.41, 5.74) is 0.522. The van der Waals surface area contributed by atoms with E-state index in [4.69, 9.17) is 15.1 Å². The van der Waals surface area contributed by atoms with Crippen molar-refractivity contribution in [2.45, 2.75) is 5.16 Å². The summed E-state index contributed by atoms with van der Waals surface area (Å²) in [5.74, 6) is -0.524. The predicted octanol–water partition coefficient (Wildman–Crippen LogP) is 0.0604. The van der Waals surface area contributed by atoms with Crippen LogP contribution in [0.15, 0.2) is 23.4 Å². The van der Waals surface area contributed by atoms with E-state index in [1.165, 1.54) is 19.2 Å². The number of carboxylic acid groups (broad SMARTS) is 1. The lowest BCUT2D eigenvalue weighted by Gasteiger charge is -2.15. The highest BCUT2D eigenvalue weighted by atomic mass is 32.2. The van der Waals surface area contributed by atoms with Crippen molar-refractivity contribution >= 4 is 23.4 Å². The smallest absolute Gasteiger partial charge is 0.313 e. The molecule has 0 saturated carbocycles. The molecular formula is C11H12N4O5S. The van der Waals surface area contributed by atoms with Gasteiger partial charge in [-0.1, -0.05) is 11.8 Å². The van der Waals surface area contributed by atoms with E-state index in [2.05, 4.69) is 15.2 Å². The van der Waals surface area contributed by atoms with Gasteiger partial charge < -0.3 is 15.1 Å². The average Bonchev–Trinajstić information content (AvgIpc) is 2.93. The fourth-order valence-electron chi connectivity index (χ4n) is 1.59. The number of carbonyl (C=O) groups is 1. The van der Waals surface area contributed by atoms with Gasteiger partial charge in [-0.05, 0) is 12.1 Å². The van der Waals surface area contributed by atoms with E-state index in [0.717, 1.165) is 11.8 Å². The van der Waals surface area contributed by atoms with Gasteiger partial charge in [0, 0.05) is 11.6 Å². The van der Waals surface area contributed by atoms with Crippen molar-refractivity contribution in [1.29, 1.82) is 0 Å². The second kappa shape index (κ2) is 6.54. The minimum absolute atomic E-state index is 0.00568. The van der Waals surface area contributed by atoms with Crippen LogP contribution in [0.25, 0.3) is 11.4 Å². The third-order valence-electron chi connectivity index (χ3n) is 2.49. The number of H-pyrrole nitrogens is 1. The molecule has 2 aromatic rings. The van der Waals surface area contributed by atoms with Crippen LogP contribution in [-0.4, -0.2) is 44.3 Å². The Hall–Kier alpha value is -2.14. The summed E-state index contributed by atoms with van der Waals surface area (Å²) in [6.07, 6.45) is 0. The molecule has 0 saturated heterocycles. The number of methoxy groups -OCH3 is 1. The van der Waals surface area contributed by atoms with Crippen LogP contribution in [-0.2, 0) is 4.79 Å². The highest BCUT2D eigenvalue weighted by molar-refractivity contribution is 7.99. The first-order valence-electron chi connectivity index (χ1n) is 5.70. The van der Waals surface area contributed by atoms with E-state index in [0.29, 0.717) is 11.4 Å². The number of quaternary nitrogens is 1. The molecule has 9 nitrogen and oxygen atoms in total. The van der Waals surface area contributed by atoms with Gasteiger partial charge in [-0.2, -0.15) is 5.23 Å². The topological polar surface area (TPSA) is 136 Å². The Balaban J connectivity index is 2.26. The minimum atomic E-state index is -1.12. The molecule has 1 heterocycles. The SMILES string of the molecule is COc1ccc(-c2nc(SCC(=O)O)n[nH]2)cc1[NH+]([O-])O. The highest BCUT2D eigenvalue weighted by Crippen LogP contribution is 2.27. The Morgan fingerprint density at radius 1 is 1.57 bits per heavy atom. The largest absolute Gasteiger partial charge is 0.595 e. The number of ether oxygens (including phenoxy) is 1. The molecule has 4 N–H and O–H groups in total. The first-order chi connectivity index (χ1) is 10.0. The van der Waals surface area contributed by atoms with Gasteiger partial charge >= 0.3 is 5.97 Å². The van der Waals surface area contributed by atoms with Gasteiger partial charge in [-0.3, -0.25) is 9.89 Å². The second-order valence-electron chi connectivity index (χ2n) is 3.87. The number of nitrogens with zero attached hydrogens (tertiary/aromatic N) is 2. The van der Waals surface area contributed by atoms with Crippen LogP contribution in [0.4, 0.5) is 5.69 Å². The summed E-state index contributed by atoms with van der Waals surface area (Å²) in [6.45, 7) is 0. The van der Waals surface area contributed by atoms with Crippen LogP contribution in [0.3, 0.4) is 0 Å². The van der Waals surface area contributed by atoms with Gasteiger partial charge in [0.2, 0.25) is 10.8 Å². The molecule has 1 unspecified atom stereocenters. The first kappa shape index (κ1) is 15.3. The molecule has 21 heavy (non-hydrogen) atoms. The zero-order chi connectivity index (χ0) is 15.4. The van der Waals surface area contributed by atoms with Gasteiger partial charge in [-0.15, -0.1) is 5.10 Å². The van der Waals surface area contributed by atoms with Crippen molar-refractivity contribution in [3.8, 4) is 17.1 Å². The molecule has 10 heteroatoms. The molecule has 0 aliphatic heterocycles. The molecule has 1 atom stereocenters. The van der Waals surface area contributed by atoms with Crippen molar-refractivity contribution in [2.24, 2.45) is 0 Å². The third-order valence-corrected chi connectivity index (χ3v) is 3.33. The Bertz CT molecular complexity index is 645. The van der Waals surface area contributed by atoms with Crippen LogP contribution in [0, 0.1) is 5.21 Å². The molecule has 0 spiro atoms. The van der Waals surface area contributed by atoms with Gasteiger partial charge in [0.25, 0.3) is 0 Å². The highest BCUT2D eigenvalue weighted by Gasteiger charge is 2.14. The maximum Gasteiger partial charge on any atom is 0.313 e. The van der Waals surface area contributed by atoms with Crippen LogP contribution < -0.4 is 9.96 Å². The Labute approximate surface area is 123 Å². The summed E-state index contributed by atoms with van der Waals surface area (Å²) in [4.78, 5) is 14.6. The monoisotopic (exact) mass is 312 g/mol. The molecule has 0 aliphatic carbocycles. The Morgan fingerprint density at radius 3 is 2.95 bits per heavy atom. The lowest BCUT2D eigenvalue weighted by Crippen LogP contribution is -2.99. The standard InChI is InChI=1S/C11H12N4O5S/c1-20-8-3-2-6(4-7(8)15(18)19)10-12-11(14-13-10)21-5-9(16)17/h2-4,15,18H,5H2,1H3,(H,16,17)(H,12,13,14). The van der Waals surface area contributed by atoms with Crippen molar-refractivity contribution < 1.29 is 25.1 Å². The van der Waals surface area contributed by atoms with E-state index < -0.39 is 11.2 Å². The van der Waals surface area contributed by atoms with E-state index >= 15 is 0 Å². The van der Waals surface area contributed by atoms with E-state index in [-0.39, 0.29) is 22.3 Å². The van der Waals surface area contributed by atoms with Crippen molar-refractivity contribution in [1.82, 2.24) is 15.2 Å². The van der Waals surface area contributed by atoms with Crippen LogP contribution in [0.5, 0.6) is 5.75 Å². The number of hydrogen-bond donors (Lipinski definition) is 4. The number of carboxylic acids is 1. The zero-order valence-electron chi connectivity index (χ0n) is 10.9. The molecule has 0 fully saturated rings. The molecule has 2 rings (SSSR count). The molecule has 0 amide bonds. The Kier molecular flexibility index (Phi) is 4.75. The van der Waals surface area contributed by atoms with Crippen LogP contribution in [0.2, 0.25) is 0 Å². The number of nitrogens with one attached hydrogen (secondary N) is 2. The van der Waals surface area contributed by atoms with Crippen molar-refractivity contribution in [2.75, 3.05) is 12.9 Å². The normalized spacial score (nSPS) is 12.1. The summed E-state index contributed by atoms with van der Waals surface area (Å²) in [5, 5.41) is 34.5. The predicted molar refractivity (Wildman–Crippen MR) is 72.5 cm³/mol. The summed E-state index contributed by atoms with van der Waals surface area (Å²) in [6, 6.07) is 4.57. The number of aromatic amines is 1. The molecule has 0 bridgehead atoms. The van der Waals surface area contributed by atoms with Crippen LogP contribution >= 0.6 is 11.8 Å². The summed E-state index contributed by atoms with van der Waals surface area (Å²) in [7, 11) is 1.39. The van der Waals surface area contributed by atoms with E-state index in [1.807, 2.05) is 0 Å². The third kappa shape index (κ3) is 3.70. The lowest BCUT2D eigenvalue weighted by molar-refractivity contribution is -0.991. The molecular weight excluding hydrogens is 300 g/mol. The van der Waals surface area contributed by atoms with Gasteiger partial charge in [-0.25, -0.2) is 10.2 Å². The van der Waals surface area contributed by atoms with Gasteiger partial charge in [0.1, 0.15) is 0 Å². The Morgan fingerprint density at radius 2 is 2.33 bits per heavy atom. The number of rotatable bonds is 6. The second-order valence-corrected chi connectivity index (χ2v) is 4.81. The lowest BCUT2D eigenvalue weighted by atomic mass is 10.2. The van der Waals surface area contributed by atoms with E-state index in [1.54, 1.807) is 6.07 Å². The fraction of sp³-hybridized carbons (Fsp3) is 0.182. The molecule has 0 radical (unpaired) electrons. The van der Waals surface area contributed by atoms with E-state index in [9.17, 15) is 10.0 Å². The number of aliphatic carboxylic acids is 1. The molecule has 0 aliphatic rings. The number of benzene rings is 1.